The van der Waals surface area contributed by atoms with E-state index in [9.17, 15) is 4.79 Å². The number of carbonyl (C=O) groups excluding carboxylic acids is 1. The zero-order chi connectivity index (χ0) is 10.9. The number of esters is 1. The van der Waals surface area contributed by atoms with Crippen molar-refractivity contribution < 1.29 is 14.6 Å². The van der Waals surface area contributed by atoms with Crippen molar-refractivity contribution in [3.8, 4) is 0 Å². The molecule has 1 atom stereocenters. The van der Waals surface area contributed by atoms with Gasteiger partial charge in [-0.25, -0.2) is 4.79 Å². The lowest BCUT2D eigenvalue weighted by molar-refractivity contribution is -0.159. The predicted octanol–water partition coefficient (Wildman–Crippen LogP) is 1.80. The summed E-state index contributed by atoms with van der Waals surface area (Å²) < 4.78 is 4.33. The lowest BCUT2D eigenvalue weighted by atomic mass is 10.4. The molecule has 0 aromatic rings. The molecule has 74 valence electrons. The van der Waals surface area contributed by atoms with Crippen molar-refractivity contribution in [2.24, 2.45) is 0 Å². The molecule has 0 fully saturated rings. The molecule has 0 aliphatic rings. The number of hydrogen-bond donors (Lipinski definition) is 1. The Morgan fingerprint density at radius 2 is 1.85 bits per heavy atom. The fourth-order valence-electron chi connectivity index (χ4n) is 0.255. The molecule has 0 aromatic carbocycles. The van der Waals surface area contributed by atoms with Gasteiger partial charge in [0, 0.05) is 5.57 Å². The number of rotatable bonds is 3. The number of aliphatic hydroxyl groups excluding tert-OH is 1. The van der Waals surface area contributed by atoms with E-state index >= 15 is 0 Å². The Morgan fingerprint density at radius 1 is 1.46 bits per heavy atom. The Kier molecular flexibility index (Phi) is 9.54. The van der Waals surface area contributed by atoms with Crippen molar-refractivity contribution in [1.29, 1.82) is 0 Å². The topological polar surface area (TPSA) is 46.5 Å². The summed E-state index contributed by atoms with van der Waals surface area (Å²) in [7, 11) is 0. The molecule has 0 heterocycles. The van der Waals surface area contributed by atoms with Gasteiger partial charge in [-0.2, -0.15) is 0 Å². The monoisotopic (exact) mass is 184 g/mol. The summed E-state index contributed by atoms with van der Waals surface area (Å²) in [6, 6.07) is 0. The SMILES string of the molecule is C=C(C)C(=O)OC(C)O.C=CC=C. The molecule has 1 N–H and O–H groups in total. The maximum atomic E-state index is 10.5. The molecule has 0 bridgehead atoms. The largest absolute Gasteiger partial charge is 0.433 e. The van der Waals surface area contributed by atoms with Crippen LogP contribution in [0.15, 0.2) is 37.5 Å². The van der Waals surface area contributed by atoms with E-state index in [0.717, 1.165) is 0 Å². The normalized spacial score (nSPS) is 10.1. The summed E-state index contributed by atoms with van der Waals surface area (Å²) in [5, 5.41) is 8.49. The molecule has 0 aliphatic carbocycles. The molecule has 0 aromatic heterocycles. The first-order chi connectivity index (χ1) is 5.95. The third-order valence-corrected chi connectivity index (χ3v) is 0.793. The fourth-order valence-corrected chi connectivity index (χ4v) is 0.255. The molecule has 0 saturated heterocycles. The van der Waals surface area contributed by atoms with E-state index in [0.29, 0.717) is 0 Å². The standard InChI is InChI=1S/C6H10O3.C4H6/c1-4(2)6(8)9-5(3)7;1-3-4-2/h5,7H,1H2,2-3H3;3-4H,1-2H2. The van der Waals surface area contributed by atoms with E-state index in [-0.39, 0.29) is 5.57 Å². The van der Waals surface area contributed by atoms with Crippen LogP contribution < -0.4 is 0 Å². The minimum atomic E-state index is -1.05. The summed E-state index contributed by atoms with van der Waals surface area (Å²) in [4.78, 5) is 10.5. The average molecular weight is 184 g/mol. The van der Waals surface area contributed by atoms with Gasteiger partial charge in [0.2, 0.25) is 0 Å². The average Bonchev–Trinajstić information content (AvgIpc) is 2.03. The smallest absolute Gasteiger partial charge is 0.335 e. The van der Waals surface area contributed by atoms with Gasteiger partial charge in [-0.05, 0) is 13.8 Å². The molecular weight excluding hydrogens is 168 g/mol. The highest BCUT2D eigenvalue weighted by Crippen LogP contribution is 1.94. The molecule has 0 amide bonds. The first-order valence-electron chi connectivity index (χ1n) is 3.73. The van der Waals surface area contributed by atoms with Crippen LogP contribution in [0.5, 0.6) is 0 Å². The van der Waals surface area contributed by atoms with Gasteiger partial charge in [-0.1, -0.05) is 31.9 Å². The Morgan fingerprint density at radius 3 is 1.92 bits per heavy atom. The van der Waals surface area contributed by atoms with E-state index in [1.54, 1.807) is 12.2 Å². The second kappa shape index (κ2) is 8.74. The first-order valence-corrected chi connectivity index (χ1v) is 3.73. The summed E-state index contributed by atoms with van der Waals surface area (Å²) in [6.07, 6.45) is 2.23. The minimum Gasteiger partial charge on any atom is -0.433 e. The Bertz CT molecular complexity index is 186. The van der Waals surface area contributed by atoms with Crippen LogP contribution in [-0.2, 0) is 9.53 Å². The zero-order valence-corrected chi connectivity index (χ0v) is 8.12. The molecule has 0 rings (SSSR count). The van der Waals surface area contributed by atoms with E-state index < -0.39 is 12.3 Å². The molecule has 3 heteroatoms. The van der Waals surface area contributed by atoms with Crippen molar-refractivity contribution in [1.82, 2.24) is 0 Å². The van der Waals surface area contributed by atoms with Crippen LogP contribution >= 0.6 is 0 Å². The van der Waals surface area contributed by atoms with E-state index in [2.05, 4.69) is 24.5 Å². The van der Waals surface area contributed by atoms with Gasteiger partial charge in [-0.15, -0.1) is 0 Å². The summed E-state index contributed by atoms with van der Waals surface area (Å²) in [5.41, 5.74) is 0.288. The van der Waals surface area contributed by atoms with Crippen LogP contribution in [0.4, 0.5) is 0 Å². The number of ether oxygens (including phenoxy) is 1. The first kappa shape index (κ1) is 14.2. The fraction of sp³-hybridized carbons (Fsp3) is 0.300. The van der Waals surface area contributed by atoms with Crippen LogP contribution in [-0.4, -0.2) is 17.4 Å². The van der Waals surface area contributed by atoms with Crippen molar-refractivity contribution in [2.45, 2.75) is 20.1 Å². The highest BCUT2D eigenvalue weighted by atomic mass is 16.6. The van der Waals surface area contributed by atoms with E-state index in [1.807, 2.05) is 0 Å². The third-order valence-electron chi connectivity index (χ3n) is 0.793. The van der Waals surface area contributed by atoms with Gasteiger partial charge in [0.1, 0.15) is 0 Å². The maximum Gasteiger partial charge on any atom is 0.335 e. The van der Waals surface area contributed by atoms with E-state index in [4.69, 9.17) is 5.11 Å². The van der Waals surface area contributed by atoms with Crippen LogP contribution in [0.3, 0.4) is 0 Å². The number of allylic oxidation sites excluding steroid dienone is 2. The second-order valence-electron chi connectivity index (χ2n) is 2.26. The number of aliphatic hydroxyl groups is 1. The van der Waals surface area contributed by atoms with Gasteiger partial charge in [0.15, 0.2) is 6.29 Å². The summed E-state index contributed by atoms with van der Waals surface area (Å²) in [5.74, 6) is -0.565. The molecule has 1 unspecified atom stereocenters. The summed E-state index contributed by atoms with van der Waals surface area (Å²) >= 11 is 0. The van der Waals surface area contributed by atoms with E-state index in [1.165, 1.54) is 13.8 Å². The van der Waals surface area contributed by atoms with Crippen LogP contribution in [0.1, 0.15) is 13.8 Å². The molecular formula is C10H16O3. The predicted molar refractivity (Wildman–Crippen MR) is 53.0 cm³/mol. The van der Waals surface area contributed by atoms with Gasteiger partial charge in [0.05, 0.1) is 0 Å². The zero-order valence-electron chi connectivity index (χ0n) is 8.12. The molecule has 13 heavy (non-hydrogen) atoms. The maximum absolute atomic E-state index is 10.5. The molecule has 0 saturated carbocycles. The van der Waals surface area contributed by atoms with Gasteiger partial charge in [-0.3, -0.25) is 0 Å². The lowest BCUT2D eigenvalue weighted by Crippen LogP contribution is -2.13. The van der Waals surface area contributed by atoms with Crippen molar-refractivity contribution >= 4 is 5.97 Å². The van der Waals surface area contributed by atoms with Crippen LogP contribution in [0.2, 0.25) is 0 Å². The Balaban J connectivity index is 0. The van der Waals surface area contributed by atoms with Crippen molar-refractivity contribution in [2.75, 3.05) is 0 Å². The van der Waals surface area contributed by atoms with Crippen molar-refractivity contribution in [3.05, 3.63) is 37.5 Å². The quantitative estimate of drug-likeness (QED) is 0.315. The number of hydrogen-bond acceptors (Lipinski definition) is 3. The second-order valence-corrected chi connectivity index (χ2v) is 2.26. The number of carbonyl (C=O) groups is 1. The molecule has 0 radical (unpaired) electrons. The molecule has 3 nitrogen and oxygen atoms in total. The van der Waals surface area contributed by atoms with Crippen LogP contribution in [0.25, 0.3) is 0 Å². The van der Waals surface area contributed by atoms with Gasteiger partial charge >= 0.3 is 5.97 Å². The molecule has 0 aliphatic heterocycles. The third kappa shape index (κ3) is 13.6. The minimum absolute atomic E-state index is 0.288. The van der Waals surface area contributed by atoms with Gasteiger partial charge in [0.25, 0.3) is 0 Å². The van der Waals surface area contributed by atoms with Crippen molar-refractivity contribution in [3.63, 3.8) is 0 Å². The lowest BCUT2D eigenvalue weighted by Gasteiger charge is -2.04. The molecule has 0 spiro atoms. The summed E-state index contributed by atoms with van der Waals surface area (Å²) in [6.45, 7) is 12.9. The highest BCUT2D eigenvalue weighted by molar-refractivity contribution is 5.86. The highest BCUT2D eigenvalue weighted by Gasteiger charge is 2.04. The van der Waals surface area contributed by atoms with Crippen LogP contribution in [0, 0.1) is 0 Å². The van der Waals surface area contributed by atoms with Gasteiger partial charge < -0.3 is 9.84 Å². The Hall–Kier alpha value is -1.35. The Labute approximate surface area is 79.0 Å².